The van der Waals surface area contributed by atoms with Crippen molar-refractivity contribution < 1.29 is 9.88 Å². The maximum absolute atomic E-state index is 9.46. The number of hydrogen-bond acceptors (Lipinski definition) is 2. The van der Waals surface area contributed by atoms with Crippen molar-refractivity contribution in [2.75, 3.05) is 32.5 Å². The topological polar surface area (TPSA) is 54.4 Å². The Labute approximate surface area is 115 Å². The van der Waals surface area contributed by atoms with Crippen LogP contribution in [-0.2, 0) is 12.8 Å². The van der Waals surface area contributed by atoms with Crippen LogP contribution in [0.2, 0.25) is 0 Å². The molecule has 0 fully saturated rings. The molecule has 0 aromatic carbocycles. The summed E-state index contributed by atoms with van der Waals surface area (Å²) in [6.45, 7) is 4.04. The number of pyridine rings is 1. The summed E-state index contributed by atoms with van der Waals surface area (Å²) in [5, 5.41) is 12.8. The number of likely N-dealkylation sites (N-methyl/N-ethyl adjacent to an activating group) is 1. The van der Waals surface area contributed by atoms with E-state index in [9.17, 15) is 5.26 Å². The number of quaternary nitrogens is 1. The highest BCUT2D eigenvalue weighted by Gasteiger charge is 2.23. The Morgan fingerprint density at radius 3 is 2.58 bits per heavy atom. The van der Waals surface area contributed by atoms with Crippen LogP contribution in [0.15, 0.2) is 0 Å². The van der Waals surface area contributed by atoms with Gasteiger partial charge in [-0.25, -0.2) is 4.98 Å². The van der Waals surface area contributed by atoms with Crippen molar-refractivity contribution in [2.45, 2.75) is 32.6 Å². The van der Waals surface area contributed by atoms with E-state index in [0.717, 1.165) is 37.3 Å². The van der Waals surface area contributed by atoms with Crippen molar-refractivity contribution in [3.63, 3.8) is 0 Å². The first-order valence-corrected chi connectivity index (χ1v) is 7.14. The number of aromatic amines is 1. The molecule has 0 radical (unpaired) electrons. The number of rotatable bonds is 4. The Morgan fingerprint density at radius 2 is 1.95 bits per heavy atom. The molecular formula is C15H24N4+2. The standard InChI is InChI=1S/C15H22N4/c1-11-12-6-4-5-7-13(12)14(10-16)15(18-11)17-8-9-19(2)3/h4-9H2,1-3H3,(H,17,18)/p+2. The minimum atomic E-state index is 0.828. The highest BCUT2D eigenvalue weighted by atomic mass is 15.1. The first-order chi connectivity index (χ1) is 9.13. The second kappa shape index (κ2) is 6.03. The molecule has 0 aliphatic heterocycles. The van der Waals surface area contributed by atoms with E-state index < -0.39 is 0 Å². The minimum absolute atomic E-state index is 0.828. The van der Waals surface area contributed by atoms with E-state index in [2.05, 4.69) is 37.4 Å². The molecule has 1 aromatic rings. The van der Waals surface area contributed by atoms with Gasteiger partial charge < -0.3 is 4.90 Å². The van der Waals surface area contributed by atoms with Crippen molar-refractivity contribution in [2.24, 2.45) is 0 Å². The van der Waals surface area contributed by atoms with E-state index in [-0.39, 0.29) is 0 Å². The quantitative estimate of drug-likeness (QED) is 0.808. The van der Waals surface area contributed by atoms with Gasteiger partial charge >= 0.3 is 0 Å². The third-order valence-corrected chi connectivity index (χ3v) is 3.82. The molecule has 1 aliphatic rings. The molecule has 0 saturated heterocycles. The van der Waals surface area contributed by atoms with Gasteiger partial charge in [-0.3, -0.25) is 5.32 Å². The van der Waals surface area contributed by atoms with Gasteiger partial charge in [0.05, 0.1) is 14.1 Å². The first kappa shape index (κ1) is 13.8. The summed E-state index contributed by atoms with van der Waals surface area (Å²) < 4.78 is 0. The van der Waals surface area contributed by atoms with Gasteiger partial charge in [-0.05, 0) is 43.7 Å². The third-order valence-electron chi connectivity index (χ3n) is 3.82. The zero-order valence-electron chi connectivity index (χ0n) is 12.2. The maximum atomic E-state index is 9.46. The fraction of sp³-hybridized carbons (Fsp3) is 0.600. The summed E-state index contributed by atoms with van der Waals surface area (Å²) in [5.41, 5.74) is 4.68. The average molecular weight is 260 g/mol. The average Bonchev–Trinajstić information content (AvgIpc) is 2.39. The Morgan fingerprint density at radius 1 is 1.26 bits per heavy atom. The number of nitriles is 1. The highest BCUT2D eigenvalue weighted by Crippen LogP contribution is 2.27. The molecule has 0 bridgehead atoms. The summed E-state index contributed by atoms with van der Waals surface area (Å²) in [4.78, 5) is 4.79. The van der Waals surface area contributed by atoms with Crippen LogP contribution in [0.4, 0.5) is 5.82 Å². The van der Waals surface area contributed by atoms with Gasteiger partial charge in [0.25, 0.3) is 5.82 Å². The van der Waals surface area contributed by atoms with E-state index in [1.54, 1.807) is 0 Å². The normalized spacial score (nSPS) is 14.1. The fourth-order valence-electron chi connectivity index (χ4n) is 2.76. The van der Waals surface area contributed by atoms with Gasteiger partial charge in [-0.1, -0.05) is 0 Å². The van der Waals surface area contributed by atoms with Crippen molar-refractivity contribution in [3.05, 3.63) is 22.4 Å². The second-order valence-corrected chi connectivity index (χ2v) is 5.66. The van der Waals surface area contributed by atoms with E-state index >= 15 is 0 Å². The van der Waals surface area contributed by atoms with E-state index in [1.165, 1.54) is 34.6 Å². The fourth-order valence-corrected chi connectivity index (χ4v) is 2.76. The smallest absolute Gasteiger partial charge is 0.291 e. The summed E-state index contributed by atoms with van der Waals surface area (Å²) in [7, 11) is 4.27. The zero-order chi connectivity index (χ0) is 13.8. The summed E-state index contributed by atoms with van der Waals surface area (Å²) in [5.74, 6) is 0.905. The largest absolute Gasteiger partial charge is 0.337 e. The lowest BCUT2D eigenvalue weighted by Crippen LogP contribution is -3.06. The molecule has 0 saturated carbocycles. The highest BCUT2D eigenvalue weighted by molar-refractivity contribution is 5.56. The summed E-state index contributed by atoms with van der Waals surface area (Å²) >= 11 is 0. The van der Waals surface area contributed by atoms with Crippen LogP contribution < -0.4 is 15.2 Å². The van der Waals surface area contributed by atoms with Crippen LogP contribution in [0.5, 0.6) is 0 Å². The molecule has 1 heterocycles. The number of fused-ring (bicyclic) bond motifs is 1. The molecular weight excluding hydrogens is 236 g/mol. The van der Waals surface area contributed by atoms with Crippen LogP contribution in [0.3, 0.4) is 0 Å². The number of hydrogen-bond donors (Lipinski definition) is 2. The number of nitrogens with zero attached hydrogens (tertiary/aromatic N) is 1. The predicted octanol–water partition coefficient (Wildman–Crippen LogP) is 0.116. The predicted molar refractivity (Wildman–Crippen MR) is 75.3 cm³/mol. The SMILES string of the molecule is Cc1[nH+]c(NCC[NH+](C)C)c(C#N)c2c1CCCC2. The van der Waals surface area contributed by atoms with Crippen molar-refractivity contribution >= 4 is 5.82 Å². The van der Waals surface area contributed by atoms with Crippen molar-refractivity contribution in [1.82, 2.24) is 0 Å². The molecule has 0 amide bonds. The molecule has 4 heteroatoms. The van der Waals surface area contributed by atoms with E-state index in [4.69, 9.17) is 0 Å². The molecule has 19 heavy (non-hydrogen) atoms. The number of anilines is 1. The van der Waals surface area contributed by atoms with Crippen LogP contribution in [0.25, 0.3) is 0 Å². The number of nitrogens with one attached hydrogen (secondary N) is 3. The maximum Gasteiger partial charge on any atom is 0.291 e. The van der Waals surface area contributed by atoms with Crippen molar-refractivity contribution in [1.29, 1.82) is 5.26 Å². The summed E-state index contributed by atoms with van der Waals surface area (Å²) in [6.07, 6.45) is 4.59. The molecule has 1 aliphatic carbocycles. The van der Waals surface area contributed by atoms with Gasteiger partial charge in [0, 0.05) is 0 Å². The van der Waals surface area contributed by atoms with Crippen LogP contribution in [-0.4, -0.2) is 27.2 Å². The zero-order valence-corrected chi connectivity index (χ0v) is 12.2. The van der Waals surface area contributed by atoms with Crippen LogP contribution in [0.1, 0.15) is 35.2 Å². The molecule has 4 nitrogen and oxygen atoms in total. The second-order valence-electron chi connectivity index (χ2n) is 5.66. The monoisotopic (exact) mass is 260 g/mol. The molecule has 0 spiro atoms. The minimum Gasteiger partial charge on any atom is -0.337 e. The van der Waals surface area contributed by atoms with Gasteiger partial charge in [0.1, 0.15) is 30.4 Å². The van der Waals surface area contributed by atoms with E-state index in [1.807, 2.05) is 0 Å². The van der Waals surface area contributed by atoms with Gasteiger partial charge in [0.15, 0.2) is 0 Å². The number of aryl methyl sites for hydroxylation is 1. The first-order valence-electron chi connectivity index (χ1n) is 7.14. The Hall–Kier alpha value is -1.60. The molecule has 0 atom stereocenters. The van der Waals surface area contributed by atoms with Gasteiger partial charge in [0.2, 0.25) is 0 Å². The Kier molecular flexibility index (Phi) is 4.39. The lowest BCUT2D eigenvalue weighted by molar-refractivity contribution is -0.856. The van der Waals surface area contributed by atoms with Crippen LogP contribution in [0, 0.1) is 18.3 Å². The van der Waals surface area contributed by atoms with Gasteiger partial charge in [-0.15, -0.1) is 0 Å². The van der Waals surface area contributed by atoms with Crippen molar-refractivity contribution in [3.8, 4) is 6.07 Å². The molecule has 1 aromatic heterocycles. The van der Waals surface area contributed by atoms with Gasteiger partial charge in [-0.2, -0.15) is 5.26 Å². The molecule has 102 valence electrons. The lowest BCUT2D eigenvalue weighted by Gasteiger charge is -2.18. The van der Waals surface area contributed by atoms with E-state index in [0.29, 0.717) is 0 Å². The molecule has 3 N–H and O–H groups in total. The Balaban J connectivity index is 2.28. The lowest BCUT2D eigenvalue weighted by atomic mass is 9.88. The summed E-state index contributed by atoms with van der Waals surface area (Å²) in [6, 6.07) is 2.39. The number of H-pyrrole nitrogens is 1. The third kappa shape index (κ3) is 3.05. The van der Waals surface area contributed by atoms with Crippen LogP contribution >= 0.6 is 0 Å². The molecule has 2 rings (SSSR count). The number of aromatic nitrogens is 1. The Bertz CT molecular complexity index is 500. The molecule has 0 unspecified atom stereocenters.